The van der Waals surface area contributed by atoms with Crippen molar-refractivity contribution in [2.75, 3.05) is 14.1 Å². The van der Waals surface area contributed by atoms with E-state index in [0.29, 0.717) is 5.69 Å². The van der Waals surface area contributed by atoms with E-state index in [1.165, 1.54) is 24.8 Å². The van der Waals surface area contributed by atoms with Crippen molar-refractivity contribution in [1.29, 1.82) is 0 Å². The van der Waals surface area contributed by atoms with E-state index < -0.39 is 10.0 Å². The number of aliphatic imine (C=N–C) groups is 1. The molecule has 0 aliphatic rings. The third-order valence-electron chi connectivity index (χ3n) is 3.75. The normalized spacial score (nSPS) is 11.4. The lowest BCUT2D eigenvalue weighted by molar-refractivity contribution is 0.594. The Kier molecular flexibility index (Phi) is 5.96. The van der Waals surface area contributed by atoms with Crippen LogP contribution < -0.4 is 0 Å². The van der Waals surface area contributed by atoms with Gasteiger partial charge in [0.15, 0.2) is 0 Å². The molecule has 142 valence electrons. The first-order chi connectivity index (χ1) is 13.5. The third-order valence-corrected chi connectivity index (χ3v) is 4.94. The molecule has 0 radical (unpaired) electrons. The average Bonchev–Trinajstić information content (AvgIpc) is 2.72. The molecule has 0 aliphatic heterocycles. The van der Waals surface area contributed by atoms with Crippen molar-refractivity contribution in [1.82, 2.24) is 9.88 Å². The summed E-state index contributed by atoms with van der Waals surface area (Å²) in [6.07, 6.45) is 4.04. The predicted octanol–water partition coefficient (Wildman–Crippen LogP) is 3.53. The molecule has 0 aliphatic carbocycles. The van der Waals surface area contributed by atoms with E-state index in [1.54, 1.807) is 19.0 Å². The van der Waals surface area contributed by atoms with Crippen molar-refractivity contribution >= 4 is 27.8 Å². The number of benzene rings is 2. The predicted molar refractivity (Wildman–Crippen MR) is 112 cm³/mol. The number of sulfonamides is 1. The molecule has 7 heteroatoms. The van der Waals surface area contributed by atoms with Gasteiger partial charge in [-0.2, -0.15) is 8.42 Å². The summed E-state index contributed by atoms with van der Waals surface area (Å²) in [6, 6.07) is 20.9. The van der Waals surface area contributed by atoms with Gasteiger partial charge in [-0.1, -0.05) is 60.7 Å². The number of nitrogens with zero attached hydrogens (tertiary/aromatic N) is 4. The maximum Gasteiger partial charge on any atom is 0.285 e. The fraction of sp³-hybridized carbons (Fsp3) is 0.0952. The molecule has 3 aromatic rings. The van der Waals surface area contributed by atoms with Crippen molar-refractivity contribution in [3.8, 4) is 0 Å². The van der Waals surface area contributed by atoms with Crippen LogP contribution in [0.5, 0.6) is 0 Å². The lowest BCUT2D eigenvalue weighted by Crippen LogP contribution is -2.10. The largest absolute Gasteiger partial charge is 0.368 e. The fourth-order valence-electron chi connectivity index (χ4n) is 2.44. The SMILES string of the molecule is CN(C)/C=N/S(=O)(=O)c1cncc(N=C(c2ccccc2)c2ccccc2)c1. The highest BCUT2D eigenvalue weighted by Crippen LogP contribution is 2.21. The van der Waals surface area contributed by atoms with Crippen molar-refractivity contribution in [3.63, 3.8) is 0 Å². The monoisotopic (exact) mass is 392 g/mol. The summed E-state index contributed by atoms with van der Waals surface area (Å²) in [5, 5.41) is 0. The number of aromatic nitrogens is 1. The summed E-state index contributed by atoms with van der Waals surface area (Å²) in [5.41, 5.74) is 3.01. The number of rotatable bonds is 6. The summed E-state index contributed by atoms with van der Waals surface area (Å²) in [5.74, 6) is 0. The minimum absolute atomic E-state index is 0.00711. The molecule has 0 saturated heterocycles. The highest BCUT2D eigenvalue weighted by atomic mass is 32.2. The van der Waals surface area contributed by atoms with E-state index in [2.05, 4.69) is 9.38 Å². The zero-order valence-electron chi connectivity index (χ0n) is 15.6. The van der Waals surface area contributed by atoms with Crippen LogP contribution in [0, 0.1) is 0 Å². The maximum atomic E-state index is 12.4. The topological polar surface area (TPSA) is 75.0 Å². The molecule has 3 rings (SSSR count). The lowest BCUT2D eigenvalue weighted by Gasteiger charge is -2.08. The number of pyridine rings is 1. The second-order valence-corrected chi connectivity index (χ2v) is 7.86. The lowest BCUT2D eigenvalue weighted by atomic mass is 10.0. The van der Waals surface area contributed by atoms with Crippen LogP contribution in [0.4, 0.5) is 5.69 Å². The molecule has 2 aromatic carbocycles. The van der Waals surface area contributed by atoms with E-state index >= 15 is 0 Å². The Balaban J connectivity index is 2.07. The van der Waals surface area contributed by atoms with Crippen molar-refractivity contribution in [3.05, 3.63) is 90.3 Å². The fourth-order valence-corrected chi connectivity index (χ4v) is 3.34. The summed E-state index contributed by atoms with van der Waals surface area (Å²) in [6.45, 7) is 0. The van der Waals surface area contributed by atoms with E-state index in [1.807, 2.05) is 60.7 Å². The molecule has 0 bridgehead atoms. The Morgan fingerprint density at radius 2 is 1.50 bits per heavy atom. The summed E-state index contributed by atoms with van der Waals surface area (Å²) < 4.78 is 28.5. The van der Waals surface area contributed by atoms with Crippen molar-refractivity contribution in [2.24, 2.45) is 9.39 Å². The Bertz CT molecular complexity index is 1050. The van der Waals surface area contributed by atoms with Gasteiger partial charge >= 0.3 is 0 Å². The van der Waals surface area contributed by atoms with E-state index in [-0.39, 0.29) is 4.90 Å². The van der Waals surface area contributed by atoms with Crippen LogP contribution in [0.15, 0.2) is 93.4 Å². The van der Waals surface area contributed by atoms with Crippen LogP contribution in [0.3, 0.4) is 0 Å². The molecule has 6 nitrogen and oxygen atoms in total. The van der Waals surface area contributed by atoms with Gasteiger partial charge in [0.1, 0.15) is 11.2 Å². The minimum atomic E-state index is -3.85. The maximum absolute atomic E-state index is 12.4. The van der Waals surface area contributed by atoms with Crippen LogP contribution in [0.1, 0.15) is 11.1 Å². The second-order valence-electron chi connectivity index (χ2n) is 6.23. The molecule has 0 saturated carbocycles. The van der Waals surface area contributed by atoms with Crippen LogP contribution in [0.25, 0.3) is 0 Å². The first-order valence-corrected chi connectivity index (χ1v) is 10.0. The standard InChI is InChI=1S/C21H20N4O2S/c1-25(2)16-23-28(26,27)20-13-19(14-22-15-20)24-21(17-9-5-3-6-10-17)18-11-7-4-8-12-18/h3-16H,1-2H3/b23-16+. The molecule has 0 fully saturated rings. The molecular weight excluding hydrogens is 372 g/mol. The van der Waals surface area contributed by atoms with Gasteiger partial charge in [0, 0.05) is 31.4 Å². The zero-order chi connectivity index (χ0) is 20.0. The highest BCUT2D eigenvalue weighted by molar-refractivity contribution is 7.90. The van der Waals surface area contributed by atoms with Crippen molar-refractivity contribution < 1.29 is 8.42 Å². The first kappa shape index (κ1) is 19.4. The average molecular weight is 392 g/mol. The van der Waals surface area contributed by atoms with Crippen LogP contribution in [-0.4, -0.2) is 44.4 Å². The smallest absolute Gasteiger partial charge is 0.285 e. The molecule has 28 heavy (non-hydrogen) atoms. The van der Waals surface area contributed by atoms with Crippen LogP contribution in [-0.2, 0) is 10.0 Å². The molecule has 1 aromatic heterocycles. The van der Waals surface area contributed by atoms with Crippen LogP contribution >= 0.6 is 0 Å². The molecule has 0 spiro atoms. The van der Waals surface area contributed by atoms with E-state index in [4.69, 9.17) is 4.99 Å². The molecule has 0 unspecified atom stereocenters. The Labute approximate surface area is 165 Å². The zero-order valence-corrected chi connectivity index (χ0v) is 16.4. The van der Waals surface area contributed by atoms with Gasteiger partial charge in [-0.15, -0.1) is 4.40 Å². The third kappa shape index (κ3) is 4.89. The molecule has 0 N–H and O–H groups in total. The summed E-state index contributed by atoms with van der Waals surface area (Å²) in [7, 11) is -0.450. The van der Waals surface area contributed by atoms with Gasteiger partial charge in [0.25, 0.3) is 10.0 Å². The first-order valence-electron chi connectivity index (χ1n) is 8.57. The van der Waals surface area contributed by atoms with Crippen molar-refractivity contribution in [2.45, 2.75) is 4.90 Å². The number of hydrogen-bond acceptors (Lipinski definition) is 4. The molecule has 1 heterocycles. The van der Waals surface area contributed by atoms with Gasteiger partial charge in [0.05, 0.1) is 17.6 Å². The Morgan fingerprint density at radius 1 is 0.929 bits per heavy atom. The van der Waals surface area contributed by atoms with Crippen LogP contribution in [0.2, 0.25) is 0 Å². The van der Waals surface area contributed by atoms with Gasteiger partial charge < -0.3 is 4.90 Å². The second kappa shape index (κ2) is 8.58. The highest BCUT2D eigenvalue weighted by Gasteiger charge is 2.14. The Morgan fingerprint density at radius 3 is 2.04 bits per heavy atom. The molecule has 0 amide bonds. The molecule has 0 atom stereocenters. The quantitative estimate of drug-likeness (QED) is 0.475. The summed E-state index contributed by atoms with van der Waals surface area (Å²) in [4.78, 5) is 10.3. The van der Waals surface area contributed by atoms with Gasteiger partial charge in [-0.05, 0) is 6.07 Å². The van der Waals surface area contributed by atoms with E-state index in [9.17, 15) is 8.42 Å². The Hall–Kier alpha value is -3.32. The summed E-state index contributed by atoms with van der Waals surface area (Å²) >= 11 is 0. The van der Waals surface area contributed by atoms with Gasteiger partial charge in [-0.3, -0.25) is 4.98 Å². The van der Waals surface area contributed by atoms with Gasteiger partial charge in [0.2, 0.25) is 0 Å². The number of hydrogen-bond donors (Lipinski definition) is 0. The van der Waals surface area contributed by atoms with Gasteiger partial charge in [-0.25, -0.2) is 4.99 Å². The molecular formula is C21H20N4O2S. The minimum Gasteiger partial charge on any atom is -0.368 e. The van der Waals surface area contributed by atoms with E-state index in [0.717, 1.165) is 16.8 Å².